The summed E-state index contributed by atoms with van der Waals surface area (Å²) in [6.07, 6.45) is 8.10. The molecule has 1 aliphatic carbocycles. The van der Waals surface area contributed by atoms with Gasteiger partial charge in [0, 0.05) is 18.7 Å². The third-order valence-electron chi connectivity index (χ3n) is 5.22. The summed E-state index contributed by atoms with van der Waals surface area (Å²) in [5.41, 5.74) is 3.20. The summed E-state index contributed by atoms with van der Waals surface area (Å²) in [5, 5.41) is 3.06. The molecule has 0 bridgehead atoms. The van der Waals surface area contributed by atoms with Gasteiger partial charge in [0.25, 0.3) is 5.91 Å². The third kappa shape index (κ3) is 3.94. The van der Waals surface area contributed by atoms with Crippen molar-refractivity contribution in [3.63, 3.8) is 0 Å². The van der Waals surface area contributed by atoms with E-state index >= 15 is 0 Å². The average molecular weight is 340 g/mol. The number of hydrogen-bond acceptors (Lipinski definition) is 2. The lowest BCUT2D eigenvalue weighted by atomic mass is 9.97. The van der Waals surface area contributed by atoms with Crippen molar-refractivity contribution in [2.75, 3.05) is 6.54 Å². The zero-order valence-electron chi connectivity index (χ0n) is 15.3. The molecule has 0 unspecified atom stereocenters. The number of carbonyl (C=O) groups excluding carboxylic acids is 2. The van der Waals surface area contributed by atoms with Gasteiger partial charge in [0.05, 0.1) is 0 Å². The molecule has 2 aliphatic rings. The zero-order chi connectivity index (χ0) is 17.8. The molecule has 1 aromatic rings. The minimum absolute atomic E-state index is 0.0283. The molecule has 1 aliphatic heterocycles. The van der Waals surface area contributed by atoms with E-state index in [2.05, 4.69) is 11.4 Å². The Bertz CT molecular complexity index is 678. The number of amides is 2. The number of carbonyl (C=O) groups is 2. The molecule has 0 radical (unpaired) electrons. The summed E-state index contributed by atoms with van der Waals surface area (Å²) < 4.78 is 0. The lowest BCUT2D eigenvalue weighted by Gasteiger charge is -2.30. The van der Waals surface area contributed by atoms with Crippen molar-refractivity contribution >= 4 is 11.8 Å². The molecule has 1 aromatic carbocycles. The van der Waals surface area contributed by atoms with E-state index in [-0.39, 0.29) is 17.7 Å². The van der Waals surface area contributed by atoms with Crippen molar-refractivity contribution in [1.29, 1.82) is 0 Å². The number of fused-ring (bicyclic) bond motifs is 1. The number of nitrogens with one attached hydrogen (secondary N) is 1. The van der Waals surface area contributed by atoms with Gasteiger partial charge in [-0.3, -0.25) is 9.59 Å². The van der Waals surface area contributed by atoms with Crippen molar-refractivity contribution in [2.45, 2.75) is 58.5 Å². The molecule has 2 amide bonds. The second-order valence-corrected chi connectivity index (χ2v) is 7.43. The van der Waals surface area contributed by atoms with Gasteiger partial charge in [-0.2, -0.15) is 0 Å². The minimum atomic E-state index is -0.416. The molecule has 4 heteroatoms. The number of rotatable bonds is 6. The maximum absolute atomic E-state index is 12.8. The summed E-state index contributed by atoms with van der Waals surface area (Å²) in [7, 11) is 0. The van der Waals surface area contributed by atoms with Gasteiger partial charge in [-0.1, -0.05) is 43.7 Å². The predicted octanol–water partition coefficient (Wildman–Crippen LogP) is 3.67. The second-order valence-electron chi connectivity index (χ2n) is 7.43. The van der Waals surface area contributed by atoms with Crippen LogP contribution in [0.5, 0.6) is 0 Å². The molecule has 134 valence electrons. The Hall–Kier alpha value is -2.10. The van der Waals surface area contributed by atoms with E-state index in [9.17, 15) is 9.59 Å². The molecule has 0 spiro atoms. The first kappa shape index (κ1) is 17.7. The van der Waals surface area contributed by atoms with Crippen LogP contribution in [-0.4, -0.2) is 29.3 Å². The summed E-state index contributed by atoms with van der Waals surface area (Å²) in [5.74, 6) is 0.0131. The second kappa shape index (κ2) is 7.85. The third-order valence-corrected chi connectivity index (χ3v) is 5.22. The van der Waals surface area contributed by atoms with Gasteiger partial charge in [-0.05, 0) is 49.7 Å². The van der Waals surface area contributed by atoms with Crippen LogP contribution in [0.25, 0.3) is 0 Å². The van der Waals surface area contributed by atoms with Crippen molar-refractivity contribution in [3.05, 3.63) is 47.0 Å². The first-order valence-electron chi connectivity index (χ1n) is 9.42. The summed E-state index contributed by atoms with van der Waals surface area (Å²) >= 11 is 0. The highest BCUT2D eigenvalue weighted by atomic mass is 16.2. The van der Waals surface area contributed by atoms with Crippen LogP contribution in [-0.2, 0) is 11.3 Å². The van der Waals surface area contributed by atoms with Gasteiger partial charge in [-0.25, -0.2) is 0 Å². The quantitative estimate of drug-likeness (QED) is 0.803. The molecule has 0 saturated heterocycles. The normalized spacial score (nSPS) is 18.1. The Labute approximate surface area is 150 Å². The Kier molecular flexibility index (Phi) is 5.57. The smallest absolute Gasteiger partial charge is 0.255 e. The van der Waals surface area contributed by atoms with Gasteiger partial charge < -0.3 is 10.2 Å². The fourth-order valence-electron chi connectivity index (χ4n) is 3.89. The highest BCUT2D eigenvalue weighted by Gasteiger charge is 2.37. The van der Waals surface area contributed by atoms with E-state index in [1.165, 1.54) is 24.8 Å². The van der Waals surface area contributed by atoms with E-state index in [1.807, 2.05) is 38.1 Å². The average Bonchev–Trinajstić information content (AvgIpc) is 2.93. The Morgan fingerprint density at radius 2 is 2.04 bits per heavy atom. The summed E-state index contributed by atoms with van der Waals surface area (Å²) in [4.78, 5) is 27.2. The monoisotopic (exact) mass is 340 g/mol. The molecule has 0 saturated carbocycles. The van der Waals surface area contributed by atoms with E-state index in [0.29, 0.717) is 13.1 Å². The molecule has 3 rings (SSSR count). The number of nitrogens with zero attached hydrogens (tertiary/aromatic N) is 1. The molecule has 1 atom stereocenters. The van der Waals surface area contributed by atoms with E-state index < -0.39 is 6.04 Å². The summed E-state index contributed by atoms with van der Waals surface area (Å²) in [6.45, 7) is 5.19. The van der Waals surface area contributed by atoms with Crippen LogP contribution >= 0.6 is 0 Å². The standard InChI is InChI=1S/C21H28N2O2/c1-15(2)19(20(24)22-13-12-16-8-4-3-5-9-16)23-14-17-10-6-7-11-18(17)21(23)25/h6-8,10-11,15,19H,3-5,9,12-14H2,1-2H3,(H,22,24)/t19-/m1/s1. The maximum atomic E-state index is 12.8. The van der Waals surface area contributed by atoms with Crippen LogP contribution in [0, 0.1) is 5.92 Å². The Morgan fingerprint density at radius 3 is 2.72 bits per heavy atom. The highest BCUT2D eigenvalue weighted by Crippen LogP contribution is 2.27. The molecule has 25 heavy (non-hydrogen) atoms. The van der Waals surface area contributed by atoms with Crippen molar-refractivity contribution < 1.29 is 9.59 Å². The number of benzene rings is 1. The molecule has 4 nitrogen and oxygen atoms in total. The number of allylic oxidation sites excluding steroid dienone is 1. The van der Waals surface area contributed by atoms with Crippen LogP contribution in [0.4, 0.5) is 0 Å². The predicted molar refractivity (Wildman–Crippen MR) is 99.1 cm³/mol. The van der Waals surface area contributed by atoms with Crippen molar-refractivity contribution in [2.24, 2.45) is 5.92 Å². The van der Waals surface area contributed by atoms with Gasteiger partial charge in [0.2, 0.25) is 5.91 Å². The fourth-order valence-corrected chi connectivity index (χ4v) is 3.89. The lowest BCUT2D eigenvalue weighted by molar-refractivity contribution is -0.127. The zero-order valence-corrected chi connectivity index (χ0v) is 15.3. The van der Waals surface area contributed by atoms with E-state index in [0.717, 1.165) is 24.0 Å². The first-order valence-corrected chi connectivity index (χ1v) is 9.42. The maximum Gasteiger partial charge on any atom is 0.255 e. The van der Waals surface area contributed by atoms with Gasteiger partial charge in [0.15, 0.2) is 0 Å². The van der Waals surface area contributed by atoms with Crippen LogP contribution in [0.3, 0.4) is 0 Å². The fraction of sp³-hybridized carbons (Fsp3) is 0.524. The van der Waals surface area contributed by atoms with Gasteiger partial charge >= 0.3 is 0 Å². The molecule has 1 N–H and O–H groups in total. The van der Waals surface area contributed by atoms with Gasteiger partial charge in [-0.15, -0.1) is 0 Å². The molecule has 0 fully saturated rings. The van der Waals surface area contributed by atoms with Crippen LogP contribution in [0.15, 0.2) is 35.9 Å². The Balaban J connectivity index is 1.62. The van der Waals surface area contributed by atoms with Gasteiger partial charge in [0.1, 0.15) is 6.04 Å². The Morgan fingerprint density at radius 1 is 1.24 bits per heavy atom. The summed E-state index contributed by atoms with van der Waals surface area (Å²) in [6, 6.07) is 7.22. The van der Waals surface area contributed by atoms with Crippen LogP contribution in [0.2, 0.25) is 0 Å². The van der Waals surface area contributed by atoms with Crippen LogP contribution in [0.1, 0.15) is 61.9 Å². The molecular weight excluding hydrogens is 312 g/mol. The molecule has 0 aromatic heterocycles. The number of hydrogen-bond donors (Lipinski definition) is 1. The highest BCUT2D eigenvalue weighted by molar-refractivity contribution is 6.01. The minimum Gasteiger partial charge on any atom is -0.354 e. The van der Waals surface area contributed by atoms with E-state index in [4.69, 9.17) is 0 Å². The SMILES string of the molecule is CC(C)[C@H](C(=O)NCCC1=CCCCC1)N1Cc2ccccc2C1=O. The first-order chi connectivity index (χ1) is 12.1. The molecule has 1 heterocycles. The molecular formula is C21H28N2O2. The topological polar surface area (TPSA) is 49.4 Å². The largest absolute Gasteiger partial charge is 0.354 e. The van der Waals surface area contributed by atoms with E-state index in [1.54, 1.807) is 4.90 Å². The van der Waals surface area contributed by atoms with Crippen LogP contribution < -0.4 is 5.32 Å². The lowest BCUT2D eigenvalue weighted by Crippen LogP contribution is -2.50. The van der Waals surface area contributed by atoms with Crippen molar-refractivity contribution in [1.82, 2.24) is 10.2 Å². The van der Waals surface area contributed by atoms with Crippen molar-refractivity contribution in [3.8, 4) is 0 Å².